The van der Waals surface area contributed by atoms with E-state index in [-0.39, 0.29) is 16.9 Å². The summed E-state index contributed by atoms with van der Waals surface area (Å²) in [5.74, 6) is -2.39. The average molecular weight is 373 g/mol. The predicted octanol–water partition coefficient (Wildman–Crippen LogP) is 6.44. The maximum absolute atomic E-state index is 14.2. The van der Waals surface area contributed by atoms with E-state index in [1.165, 1.54) is 6.07 Å². The van der Waals surface area contributed by atoms with Crippen molar-refractivity contribution in [3.63, 3.8) is 0 Å². The van der Waals surface area contributed by atoms with Crippen LogP contribution in [0.4, 0.5) is 17.6 Å². The van der Waals surface area contributed by atoms with Gasteiger partial charge in [0.05, 0.1) is 0 Å². The van der Waals surface area contributed by atoms with Crippen LogP contribution in [-0.2, 0) is 11.8 Å². The van der Waals surface area contributed by atoms with Crippen LogP contribution in [-0.4, -0.2) is 12.3 Å². The minimum atomic E-state index is -2.56. The van der Waals surface area contributed by atoms with Crippen molar-refractivity contribution in [1.82, 2.24) is 0 Å². The lowest BCUT2D eigenvalue weighted by Crippen LogP contribution is -2.16. The first kappa shape index (κ1) is 19.8. The summed E-state index contributed by atoms with van der Waals surface area (Å²) in [6.07, 6.45) is -3.04. The molecule has 25 heavy (non-hydrogen) atoms. The van der Waals surface area contributed by atoms with Crippen LogP contribution >= 0.6 is 11.6 Å². The van der Waals surface area contributed by atoms with E-state index in [1.54, 1.807) is 12.1 Å². The molecule has 0 spiro atoms. The van der Waals surface area contributed by atoms with Gasteiger partial charge in [0.25, 0.3) is 0 Å². The van der Waals surface area contributed by atoms with Crippen molar-refractivity contribution in [1.29, 1.82) is 0 Å². The zero-order valence-electron chi connectivity index (χ0n) is 14.4. The molecule has 1 unspecified atom stereocenters. The summed E-state index contributed by atoms with van der Waals surface area (Å²) in [6.45, 7) is 5.93. The van der Waals surface area contributed by atoms with Crippen molar-refractivity contribution in [3.05, 3.63) is 70.3 Å². The molecule has 0 aliphatic carbocycles. The Labute approximate surface area is 150 Å². The number of alkyl halides is 3. The quantitative estimate of drug-likeness (QED) is 0.418. The normalized spacial score (nSPS) is 13.3. The Bertz CT molecular complexity index is 715. The van der Waals surface area contributed by atoms with Gasteiger partial charge >= 0.3 is 0 Å². The van der Waals surface area contributed by atoms with Crippen LogP contribution < -0.4 is 0 Å². The molecule has 0 fully saturated rings. The van der Waals surface area contributed by atoms with Crippen LogP contribution in [0.25, 0.3) is 0 Å². The highest BCUT2D eigenvalue weighted by molar-refractivity contribution is 6.18. The van der Waals surface area contributed by atoms with E-state index in [9.17, 15) is 17.6 Å². The van der Waals surface area contributed by atoms with Gasteiger partial charge in [-0.2, -0.15) is 0 Å². The van der Waals surface area contributed by atoms with Crippen LogP contribution in [0.2, 0.25) is 0 Å². The van der Waals surface area contributed by atoms with E-state index >= 15 is 0 Å². The highest BCUT2D eigenvalue weighted by Gasteiger charge is 2.26. The third-order valence-corrected chi connectivity index (χ3v) is 4.57. The van der Waals surface area contributed by atoms with Gasteiger partial charge in [0.1, 0.15) is 11.6 Å². The van der Waals surface area contributed by atoms with Gasteiger partial charge in [0.15, 0.2) is 0 Å². The van der Waals surface area contributed by atoms with Crippen molar-refractivity contribution in [2.24, 2.45) is 0 Å². The molecule has 0 aliphatic rings. The molecule has 0 saturated carbocycles. The van der Waals surface area contributed by atoms with E-state index in [2.05, 4.69) is 0 Å². The summed E-state index contributed by atoms with van der Waals surface area (Å²) in [5, 5.41) is 0. The molecule has 0 radical (unpaired) electrons. The zero-order valence-corrected chi connectivity index (χ0v) is 15.2. The Morgan fingerprint density at radius 2 is 1.60 bits per heavy atom. The largest absolute Gasteiger partial charge is 0.242 e. The van der Waals surface area contributed by atoms with Crippen LogP contribution in [0.15, 0.2) is 36.4 Å². The summed E-state index contributed by atoms with van der Waals surface area (Å²) < 4.78 is 54.5. The molecule has 2 aromatic carbocycles. The fourth-order valence-electron chi connectivity index (χ4n) is 2.91. The molecule has 136 valence electrons. The zero-order chi connectivity index (χ0) is 18.8. The number of halogens is 5. The first-order valence-electron chi connectivity index (χ1n) is 8.06. The standard InChI is InChI=1S/C20H21ClF4/c1-20(2,3)13-7-8-14(12(9-13)10-18(24)25)15(11-21)19-16(22)5-4-6-17(19)23/h4-9,15,18H,10-11H2,1-3H3. The topological polar surface area (TPSA) is 0 Å². The third kappa shape index (κ3) is 4.55. The first-order valence-corrected chi connectivity index (χ1v) is 8.60. The van der Waals surface area contributed by atoms with Crippen LogP contribution in [0, 0.1) is 11.6 Å². The second kappa shape index (κ2) is 7.77. The highest BCUT2D eigenvalue weighted by Crippen LogP contribution is 2.35. The van der Waals surface area contributed by atoms with Crippen molar-refractivity contribution in [2.75, 3.05) is 5.88 Å². The molecule has 0 saturated heterocycles. The van der Waals surface area contributed by atoms with Gasteiger partial charge < -0.3 is 0 Å². The minimum absolute atomic E-state index is 0.108. The summed E-state index contributed by atoms with van der Waals surface area (Å²) in [5.41, 5.74) is 1.28. The molecule has 0 amide bonds. The smallest absolute Gasteiger partial charge is 0.210 e. The fourth-order valence-corrected chi connectivity index (χ4v) is 3.24. The lowest BCUT2D eigenvalue weighted by Gasteiger charge is -2.25. The monoisotopic (exact) mass is 372 g/mol. The van der Waals surface area contributed by atoms with E-state index in [0.29, 0.717) is 11.1 Å². The highest BCUT2D eigenvalue weighted by atomic mass is 35.5. The Morgan fingerprint density at radius 1 is 1.00 bits per heavy atom. The number of rotatable bonds is 5. The molecule has 0 aliphatic heterocycles. The van der Waals surface area contributed by atoms with Gasteiger partial charge in [-0.1, -0.05) is 45.0 Å². The molecule has 0 heterocycles. The van der Waals surface area contributed by atoms with Crippen molar-refractivity contribution >= 4 is 11.6 Å². The van der Waals surface area contributed by atoms with Gasteiger partial charge in [-0.05, 0) is 34.2 Å². The molecule has 2 rings (SSSR count). The summed E-state index contributed by atoms with van der Waals surface area (Å²) in [4.78, 5) is 0. The molecular formula is C20H21ClF4. The molecule has 0 bridgehead atoms. The van der Waals surface area contributed by atoms with Gasteiger partial charge in [0, 0.05) is 23.8 Å². The van der Waals surface area contributed by atoms with Crippen molar-refractivity contribution < 1.29 is 17.6 Å². The molecule has 0 aromatic heterocycles. The number of hydrogen-bond acceptors (Lipinski definition) is 0. The average Bonchev–Trinajstić information content (AvgIpc) is 2.50. The van der Waals surface area contributed by atoms with E-state index < -0.39 is 30.4 Å². The molecule has 2 aromatic rings. The lowest BCUT2D eigenvalue weighted by atomic mass is 9.81. The molecule has 5 heteroatoms. The number of hydrogen-bond donors (Lipinski definition) is 0. The van der Waals surface area contributed by atoms with Gasteiger partial charge in [-0.15, -0.1) is 11.6 Å². The SMILES string of the molecule is CC(C)(C)c1ccc(C(CCl)c2c(F)cccc2F)c(CC(F)F)c1. The lowest BCUT2D eigenvalue weighted by molar-refractivity contribution is 0.148. The minimum Gasteiger partial charge on any atom is -0.210 e. The molecule has 0 N–H and O–H groups in total. The summed E-state index contributed by atoms with van der Waals surface area (Å²) >= 11 is 6.00. The van der Waals surface area contributed by atoms with Gasteiger partial charge in [0.2, 0.25) is 6.43 Å². The van der Waals surface area contributed by atoms with E-state index in [4.69, 9.17) is 11.6 Å². The summed E-state index contributed by atoms with van der Waals surface area (Å²) in [6, 6.07) is 8.73. The Balaban J connectivity index is 2.62. The second-order valence-corrected chi connectivity index (χ2v) is 7.41. The van der Waals surface area contributed by atoms with Gasteiger partial charge in [-0.25, -0.2) is 17.6 Å². The number of benzene rings is 2. The Morgan fingerprint density at radius 3 is 2.08 bits per heavy atom. The second-order valence-electron chi connectivity index (χ2n) is 7.10. The van der Waals surface area contributed by atoms with E-state index in [0.717, 1.165) is 17.7 Å². The summed E-state index contributed by atoms with van der Waals surface area (Å²) in [7, 11) is 0. The Hall–Kier alpha value is -1.55. The Kier molecular flexibility index (Phi) is 6.15. The van der Waals surface area contributed by atoms with Crippen molar-refractivity contribution in [2.45, 2.75) is 45.0 Å². The first-order chi connectivity index (χ1) is 11.6. The fraction of sp³-hybridized carbons (Fsp3) is 0.400. The molecule has 1 atom stereocenters. The maximum atomic E-state index is 14.2. The van der Waals surface area contributed by atoms with Crippen LogP contribution in [0.1, 0.15) is 48.9 Å². The maximum Gasteiger partial charge on any atom is 0.242 e. The molecular weight excluding hydrogens is 352 g/mol. The van der Waals surface area contributed by atoms with Gasteiger partial charge in [-0.3, -0.25) is 0 Å². The predicted molar refractivity (Wildman–Crippen MR) is 93.8 cm³/mol. The van der Waals surface area contributed by atoms with Crippen LogP contribution in [0.3, 0.4) is 0 Å². The molecule has 0 nitrogen and oxygen atoms in total. The van der Waals surface area contributed by atoms with Crippen LogP contribution in [0.5, 0.6) is 0 Å². The van der Waals surface area contributed by atoms with E-state index in [1.807, 2.05) is 26.8 Å². The van der Waals surface area contributed by atoms with Crippen molar-refractivity contribution in [3.8, 4) is 0 Å². The third-order valence-electron chi connectivity index (χ3n) is 4.26.